The van der Waals surface area contributed by atoms with E-state index < -0.39 is 0 Å². The van der Waals surface area contributed by atoms with Crippen LogP contribution in [0.5, 0.6) is 0 Å². The molecule has 0 radical (unpaired) electrons. The zero-order valence-corrected chi connectivity index (χ0v) is 9.48. The minimum absolute atomic E-state index is 0.108. The van der Waals surface area contributed by atoms with Gasteiger partial charge in [0.15, 0.2) is 0 Å². The van der Waals surface area contributed by atoms with E-state index in [0.717, 1.165) is 26.2 Å². The molecule has 1 heterocycles. The van der Waals surface area contributed by atoms with Crippen LogP contribution in [0, 0.1) is 5.92 Å². The Hall–Kier alpha value is -0.610. The Morgan fingerprint density at radius 3 is 2.47 bits per heavy atom. The number of hydrogen-bond donors (Lipinski definition) is 1. The van der Waals surface area contributed by atoms with Gasteiger partial charge in [-0.3, -0.25) is 4.79 Å². The van der Waals surface area contributed by atoms with E-state index in [-0.39, 0.29) is 11.9 Å². The van der Waals surface area contributed by atoms with Crippen molar-refractivity contribution in [2.75, 3.05) is 33.2 Å². The van der Waals surface area contributed by atoms with Gasteiger partial charge in [-0.05, 0) is 25.8 Å². The van der Waals surface area contributed by atoms with Gasteiger partial charge >= 0.3 is 0 Å². The van der Waals surface area contributed by atoms with E-state index >= 15 is 0 Å². The monoisotopic (exact) mass is 211 g/mol. The lowest BCUT2D eigenvalue weighted by Crippen LogP contribution is -2.48. The summed E-state index contributed by atoms with van der Waals surface area (Å²) in [6.07, 6.45) is 2.99. The molecular formula is C11H21N3O. The number of nitrogens with two attached hydrogens (primary N) is 1. The lowest BCUT2D eigenvalue weighted by Gasteiger charge is -2.33. The first-order chi connectivity index (χ1) is 7.16. The molecule has 2 aliphatic rings. The summed E-state index contributed by atoms with van der Waals surface area (Å²) in [5, 5.41) is 0. The fraction of sp³-hybridized carbons (Fsp3) is 0.909. The molecule has 1 amide bonds. The number of piperazine rings is 1. The first kappa shape index (κ1) is 10.9. The smallest absolute Gasteiger partial charge is 0.224 e. The normalized spacial score (nSPS) is 25.3. The van der Waals surface area contributed by atoms with E-state index in [9.17, 15) is 4.79 Å². The SMILES string of the molecule is CN1CCN(C(=O)CC(N)C2CC2)CC1. The average molecular weight is 211 g/mol. The summed E-state index contributed by atoms with van der Waals surface area (Å²) in [6, 6.07) is 0.108. The molecule has 1 saturated carbocycles. The summed E-state index contributed by atoms with van der Waals surface area (Å²) >= 11 is 0. The molecule has 1 unspecified atom stereocenters. The fourth-order valence-corrected chi connectivity index (χ4v) is 2.08. The molecule has 2 rings (SSSR count). The number of carbonyl (C=O) groups excluding carboxylic acids is 1. The van der Waals surface area contributed by atoms with Crippen LogP contribution in [0.25, 0.3) is 0 Å². The Morgan fingerprint density at radius 2 is 1.93 bits per heavy atom. The van der Waals surface area contributed by atoms with Crippen LogP contribution in [0.4, 0.5) is 0 Å². The van der Waals surface area contributed by atoms with Gasteiger partial charge in [-0.25, -0.2) is 0 Å². The van der Waals surface area contributed by atoms with Gasteiger partial charge in [0, 0.05) is 38.6 Å². The van der Waals surface area contributed by atoms with Gasteiger partial charge in [0.1, 0.15) is 0 Å². The summed E-state index contributed by atoms with van der Waals surface area (Å²) in [5.41, 5.74) is 5.96. The van der Waals surface area contributed by atoms with E-state index in [0.29, 0.717) is 12.3 Å². The highest BCUT2D eigenvalue weighted by Crippen LogP contribution is 2.32. The number of hydrogen-bond acceptors (Lipinski definition) is 3. The highest BCUT2D eigenvalue weighted by molar-refractivity contribution is 5.77. The van der Waals surface area contributed by atoms with Crippen molar-refractivity contribution in [3.05, 3.63) is 0 Å². The van der Waals surface area contributed by atoms with E-state index in [2.05, 4.69) is 11.9 Å². The van der Waals surface area contributed by atoms with Crippen LogP contribution in [0.1, 0.15) is 19.3 Å². The van der Waals surface area contributed by atoms with Crippen molar-refractivity contribution >= 4 is 5.91 Å². The van der Waals surface area contributed by atoms with Crippen LogP contribution in [0.15, 0.2) is 0 Å². The second-order valence-electron chi connectivity index (χ2n) is 4.89. The molecule has 2 N–H and O–H groups in total. The second kappa shape index (κ2) is 4.49. The third kappa shape index (κ3) is 2.92. The third-order valence-electron chi connectivity index (χ3n) is 3.49. The fourth-order valence-electron chi connectivity index (χ4n) is 2.08. The number of amides is 1. The van der Waals surface area contributed by atoms with E-state index in [1.165, 1.54) is 12.8 Å². The largest absolute Gasteiger partial charge is 0.340 e. The highest BCUT2D eigenvalue weighted by atomic mass is 16.2. The predicted molar refractivity (Wildman–Crippen MR) is 59.4 cm³/mol. The predicted octanol–water partition coefficient (Wildman–Crippen LogP) is -0.112. The molecule has 1 aliphatic carbocycles. The molecule has 15 heavy (non-hydrogen) atoms. The molecule has 2 fully saturated rings. The maximum absolute atomic E-state index is 11.9. The summed E-state index contributed by atoms with van der Waals surface area (Å²) in [5.74, 6) is 0.879. The van der Waals surface area contributed by atoms with Crippen LogP contribution >= 0.6 is 0 Å². The van der Waals surface area contributed by atoms with Gasteiger partial charge in [0.05, 0.1) is 0 Å². The standard InChI is InChI=1S/C11H21N3O/c1-13-4-6-14(7-5-13)11(15)8-10(12)9-2-3-9/h9-10H,2-8,12H2,1H3. The van der Waals surface area contributed by atoms with Crippen molar-refractivity contribution < 1.29 is 4.79 Å². The van der Waals surface area contributed by atoms with Crippen LogP contribution in [-0.2, 0) is 4.79 Å². The van der Waals surface area contributed by atoms with Gasteiger partial charge in [0.25, 0.3) is 0 Å². The molecule has 0 spiro atoms. The zero-order chi connectivity index (χ0) is 10.8. The summed E-state index contributed by atoms with van der Waals surface area (Å²) in [7, 11) is 2.09. The van der Waals surface area contributed by atoms with Crippen LogP contribution in [-0.4, -0.2) is 55.0 Å². The minimum atomic E-state index is 0.108. The Labute approximate surface area is 91.4 Å². The quantitative estimate of drug-likeness (QED) is 0.708. The zero-order valence-electron chi connectivity index (χ0n) is 9.48. The molecule has 1 aliphatic heterocycles. The molecule has 1 saturated heterocycles. The van der Waals surface area contributed by atoms with Gasteiger partial charge in [-0.2, -0.15) is 0 Å². The number of carbonyl (C=O) groups is 1. The summed E-state index contributed by atoms with van der Waals surface area (Å²) < 4.78 is 0. The maximum atomic E-state index is 11.9. The van der Waals surface area contributed by atoms with Crippen molar-refractivity contribution in [3.8, 4) is 0 Å². The molecule has 86 valence electrons. The molecule has 0 aromatic carbocycles. The summed E-state index contributed by atoms with van der Waals surface area (Å²) in [6.45, 7) is 3.72. The number of nitrogens with zero attached hydrogens (tertiary/aromatic N) is 2. The van der Waals surface area contributed by atoms with Gasteiger partial charge in [0.2, 0.25) is 5.91 Å². The maximum Gasteiger partial charge on any atom is 0.224 e. The average Bonchev–Trinajstić information content (AvgIpc) is 3.01. The van der Waals surface area contributed by atoms with E-state index in [1.807, 2.05) is 4.90 Å². The van der Waals surface area contributed by atoms with Crippen molar-refractivity contribution in [3.63, 3.8) is 0 Å². The van der Waals surface area contributed by atoms with Crippen molar-refractivity contribution in [2.24, 2.45) is 11.7 Å². The lowest BCUT2D eigenvalue weighted by atomic mass is 10.1. The second-order valence-corrected chi connectivity index (χ2v) is 4.89. The molecule has 0 aromatic rings. The number of likely N-dealkylation sites (N-methyl/N-ethyl adjacent to an activating group) is 1. The molecular weight excluding hydrogens is 190 g/mol. The van der Waals surface area contributed by atoms with Crippen LogP contribution < -0.4 is 5.73 Å². The third-order valence-corrected chi connectivity index (χ3v) is 3.49. The van der Waals surface area contributed by atoms with E-state index in [1.54, 1.807) is 0 Å². The highest BCUT2D eigenvalue weighted by Gasteiger charge is 2.31. The van der Waals surface area contributed by atoms with Gasteiger partial charge in [-0.1, -0.05) is 0 Å². The Kier molecular flexibility index (Phi) is 3.26. The minimum Gasteiger partial charge on any atom is -0.340 e. The Morgan fingerprint density at radius 1 is 1.33 bits per heavy atom. The Bertz CT molecular complexity index is 232. The topological polar surface area (TPSA) is 49.6 Å². The van der Waals surface area contributed by atoms with E-state index in [4.69, 9.17) is 5.73 Å². The molecule has 0 aromatic heterocycles. The van der Waals surface area contributed by atoms with Crippen molar-refractivity contribution in [2.45, 2.75) is 25.3 Å². The lowest BCUT2D eigenvalue weighted by molar-refractivity contribution is -0.133. The summed E-state index contributed by atoms with van der Waals surface area (Å²) in [4.78, 5) is 16.1. The van der Waals surface area contributed by atoms with Crippen LogP contribution in [0.3, 0.4) is 0 Å². The molecule has 4 nitrogen and oxygen atoms in total. The van der Waals surface area contributed by atoms with Crippen LogP contribution in [0.2, 0.25) is 0 Å². The van der Waals surface area contributed by atoms with Gasteiger partial charge < -0.3 is 15.5 Å². The molecule has 1 atom stereocenters. The van der Waals surface area contributed by atoms with Crippen molar-refractivity contribution in [1.29, 1.82) is 0 Å². The first-order valence-corrected chi connectivity index (χ1v) is 5.88. The Balaban J connectivity index is 1.75. The number of rotatable bonds is 3. The van der Waals surface area contributed by atoms with Crippen molar-refractivity contribution in [1.82, 2.24) is 9.80 Å². The molecule has 0 bridgehead atoms. The molecule has 4 heteroatoms. The van der Waals surface area contributed by atoms with Gasteiger partial charge in [-0.15, -0.1) is 0 Å². The first-order valence-electron chi connectivity index (χ1n) is 5.88.